The van der Waals surface area contributed by atoms with E-state index >= 15 is 0 Å². The van der Waals surface area contributed by atoms with Gasteiger partial charge in [0.05, 0.1) is 5.69 Å². The van der Waals surface area contributed by atoms with E-state index in [4.69, 9.17) is 4.52 Å². The zero-order valence-corrected chi connectivity index (χ0v) is 16.6. The molecule has 0 spiro atoms. The summed E-state index contributed by atoms with van der Waals surface area (Å²) < 4.78 is 18.7. The minimum absolute atomic E-state index is 0.0938. The van der Waals surface area contributed by atoms with Crippen molar-refractivity contribution in [3.63, 3.8) is 0 Å². The highest BCUT2D eigenvalue weighted by atomic mass is 19.1. The fraction of sp³-hybridized carbons (Fsp3) is 0.636. The van der Waals surface area contributed by atoms with Crippen LogP contribution in [0.1, 0.15) is 63.5 Å². The maximum atomic E-state index is 13.3. The normalized spacial score (nSPS) is 24.5. The molecule has 4 rings (SSSR count). The summed E-state index contributed by atoms with van der Waals surface area (Å²) in [6.45, 7) is 4.94. The molecule has 2 aromatic rings. The van der Waals surface area contributed by atoms with Crippen LogP contribution >= 0.6 is 0 Å². The lowest BCUT2D eigenvalue weighted by Gasteiger charge is -2.34. The molecule has 1 saturated heterocycles. The van der Waals surface area contributed by atoms with Gasteiger partial charge in [-0.05, 0) is 82.6 Å². The number of carbonyl (C=O) groups excluding carboxylic acids is 1. The summed E-state index contributed by atoms with van der Waals surface area (Å²) in [5, 5.41) is 8.25. The molecular weight excluding hydrogens is 357 g/mol. The van der Waals surface area contributed by atoms with E-state index in [-0.39, 0.29) is 11.7 Å². The van der Waals surface area contributed by atoms with Crippen LogP contribution in [-0.2, 0) is 4.79 Å². The van der Waals surface area contributed by atoms with Crippen LogP contribution in [0.25, 0.3) is 11.0 Å². The van der Waals surface area contributed by atoms with Gasteiger partial charge in [-0.25, -0.2) is 4.39 Å². The number of aromatic nitrogens is 1. The van der Waals surface area contributed by atoms with Gasteiger partial charge in [0, 0.05) is 30.3 Å². The lowest BCUT2D eigenvalue weighted by molar-refractivity contribution is -0.119. The largest absolute Gasteiger partial charge is 0.356 e. The Morgan fingerprint density at radius 1 is 1.21 bits per heavy atom. The lowest BCUT2D eigenvalue weighted by atomic mass is 9.83. The highest BCUT2D eigenvalue weighted by Crippen LogP contribution is 2.33. The minimum atomic E-state index is -0.281. The average Bonchev–Trinajstić information content (AvgIpc) is 3.10. The molecule has 2 fully saturated rings. The first-order valence-corrected chi connectivity index (χ1v) is 10.6. The SMILES string of the molecule is CC(=O)NC1CCC(CCN2CCC(c3noc4cc(F)ccc34)CC2)CC1. The molecule has 0 unspecified atom stereocenters. The lowest BCUT2D eigenvalue weighted by Crippen LogP contribution is -2.37. The van der Waals surface area contributed by atoms with Gasteiger partial charge in [0.15, 0.2) is 5.58 Å². The van der Waals surface area contributed by atoms with Gasteiger partial charge in [0.25, 0.3) is 0 Å². The van der Waals surface area contributed by atoms with Gasteiger partial charge in [0.1, 0.15) is 5.82 Å². The Balaban J connectivity index is 1.22. The van der Waals surface area contributed by atoms with Crippen molar-refractivity contribution >= 4 is 16.9 Å². The molecule has 6 heteroatoms. The van der Waals surface area contributed by atoms with Crippen molar-refractivity contribution in [3.05, 3.63) is 29.7 Å². The third-order valence-electron chi connectivity index (χ3n) is 6.54. The Labute approximate surface area is 165 Å². The molecule has 28 heavy (non-hydrogen) atoms. The maximum Gasteiger partial charge on any atom is 0.217 e. The van der Waals surface area contributed by atoms with Crippen LogP contribution in [0.2, 0.25) is 0 Å². The molecule has 1 saturated carbocycles. The molecular formula is C22H30FN3O2. The minimum Gasteiger partial charge on any atom is -0.356 e. The van der Waals surface area contributed by atoms with Crippen LogP contribution in [0.4, 0.5) is 4.39 Å². The van der Waals surface area contributed by atoms with E-state index in [0.29, 0.717) is 17.5 Å². The van der Waals surface area contributed by atoms with Crippen molar-refractivity contribution in [1.29, 1.82) is 0 Å². The van der Waals surface area contributed by atoms with E-state index in [1.54, 1.807) is 13.0 Å². The van der Waals surface area contributed by atoms with E-state index < -0.39 is 0 Å². The van der Waals surface area contributed by atoms with E-state index in [1.165, 1.54) is 31.4 Å². The van der Waals surface area contributed by atoms with Gasteiger partial charge in [-0.2, -0.15) is 0 Å². The van der Waals surface area contributed by atoms with Crippen molar-refractivity contribution in [2.45, 2.75) is 63.8 Å². The molecule has 1 aliphatic heterocycles. The highest BCUT2D eigenvalue weighted by molar-refractivity contribution is 5.79. The molecule has 152 valence electrons. The zero-order valence-electron chi connectivity index (χ0n) is 16.6. The Bertz CT molecular complexity index is 805. The molecule has 2 aliphatic rings. The van der Waals surface area contributed by atoms with Crippen LogP contribution in [-0.4, -0.2) is 41.6 Å². The van der Waals surface area contributed by atoms with E-state index in [9.17, 15) is 9.18 Å². The quantitative estimate of drug-likeness (QED) is 0.834. The predicted molar refractivity (Wildman–Crippen MR) is 107 cm³/mol. The summed E-state index contributed by atoms with van der Waals surface area (Å²) in [6, 6.07) is 5.08. The number of nitrogens with zero attached hydrogens (tertiary/aromatic N) is 2. The topological polar surface area (TPSA) is 58.4 Å². The molecule has 0 radical (unpaired) electrons. The number of halogens is 1. The summed E-state index contributed by atoms with van der Waals surface area (Å²) in [4.78, 5) is 13.7. The number of fused-ring (bicyclic) bond motifs is 1. The number of benzene rings is 1. The number of nitrogens with one attached hydrogen (secondary N) is 1. The van der Waals surface area contributed by atoms with Gasteiger partial charge < -0.3 is 14.7 Å². The van der Waals surface area contributed by atoms with Crippen LogP contribution < -0.4 is 5.32 Å². The molecule has 1 aromatic heterocycles. The second-order valence-corrected chi connectivity index (χ2v) is 8.53. The van der Waals surface area contributed by atoms with Crippen molar-refractivity contribution in [3.8, 4) is 0 Å². The summed E-state index contributed by atoms with van der Waals surface area (Å²) >= 11 is 0. The number of carbonyl (C=O) groups is 1. The fourth-order valence-electron chi connectivity index (χ4n) is 4.90. The van der Waals surface area contributed by atoms with Crippen LogP contribution in [0.15, 0.2) is 22.7 Å². The Kier molecular flexibility index (Phi) is 5.95. The first kappa shape index (κ1) is 19.4. The third-order valence-corrected chi connectivity index (χ3v) is 6.54. The average molecular weight is 387 g/mol. The summed E-state index contributed by atoms with van der Waals surface area (Å²) in [5.74, 6) is 1.00. The third kappa shape index (κ3) is 4.54. The zero-order chi connectivity index (χ0) is 19.5. The highest BCUT2D eigenvalue weighted by Gasteiger charge is 2.26. The molecule has 1 aliphatic carbocycles. The Morgan fingerprint density at radius 2 is 1.96 bits per heavy atom. The van der Waals surface area contributed by atoms with E-state index in [1.807, 2.05) is 0 Å². The Morgan fingerprint density at radius 3 is 2.68 bits per heavy atom. The van der Waals surface area contributed by atoms with Crippen molar-refractivity contribution in [2.24, 2.45) is 5.92 Å². The fourth-order valence-corrected chi connectivity index (χ4v) is 4.90. The van der Waals surface area contributed by atoms with Gasteiger partial charge in [0.2, 0.25) is 5.91 Å². The van der Waals surface area contributed by atoms with Crippen LogP contribution in [0.3, 0.4) is 0 Å². The number of likely N-dealkylation sites (tertiary alicyclic amines) is 1. The molecule has 2 heterocycles. The van der Waals surface area contributed by atoms with Crippen molar-refractivity contribution in [2.75, 3.05) is 19.6 Å². The maximum absolute atomic E-state index is 13.3. The first-order chi connectivity index (χ1) is 13.6. The van der Waals surface area contributed by atoms with Gasteiger partial charge in [-0.3, -0.25) is 4.79 Å². The van der Waals surface area contributed by atoms with Gasteiger partial charge in [-0.1, -0.05) is 5.16 Å². The number of piperidine rings is 1. The van der Waals surface area contributed by atoms with Crippen molar-refractivity contribution < 1.29 is 13.7 Å². The van der Waals surface area contributed by atoms with Crippen molar-refractivity contribution in [1.82, 2.24) is 15.4 Å². The van der Waals surface area contributed by atoms with Gasteiger partial charge in [-0.15, -0.1) is 0 Å². The van der Waals surface area contributed by atoms with E-state index in [0.717, 1.165) is 62.3 Å². The number of rotatable bonds is 5. The van der Waals surface area contributed by atoms with Crippen LogP contribution in [0, 0.1) is 11.7 Å². The smallest absolute Gasteiger partial charge is 0.217 e. The second-order valence-electron chi connectivity index (χ2n) is 8.53. The molecule has 1 amide bonds. The summed E-state index contributed by atoms with van der Waals surface area (Å²) in [6.07, 6.45) is 8.09. The molecule has 0 bridgehead atoms. The summed E-state index contributed by atoms with van der Waals surface area (Å²) in [7, 11) is 0. The molecule has 5 nitrogen and oxygen atoms in total. The Hall–Kier alpha value is -1.95. The second kappa shape index (κ2) is 8.60. The first-order valence-electron chi connectivity index (χ1n) is 10.6. The molecule has 1 aromatic carbocycles. The van der Waals surface area contributed by atoms with Crippen LogP contribution in [0.5, 0.6) is 0 Å². The number of hydrogen-bond donors (Lipinski definition) is 1. The number of hydrogen-bond acceptors (Lipinski definition) is 4. The number of amides is 1. The van der Waals surface area contributed by atoms with Gasteiger partial charge >= 0.3 is 0 Å². The summed E-state index contributed by atoms with van der Waals surface area (Å²) in [5.41, 5.74) is 1.54. The monoisotopic (exact) mass is 387 g/mol. The molecule has 1 N–H and O–H groups in total. The molecule has 0 atom stereocenters. The van der Waals surface area contributed by atoms with E-state index in [2.05, 4.69) is 15.4 Å². The predicted octanol–water partition coefficient (Wildman–Crippen LogP) is 4.23. The standard InChI is InChI=1S/C22H30FN3O2/c1-15(27)24-19-5-2-16(3-6-19)8-11-26-12-9-17(10-13-26)22-20-7-4-18(23)14-21(20)28-25-22/h4,7,14,16-17,19H,2-3,5-6,8-13H2,1H3,(H,24,27).